The van der Waals surface area contributed by atoms with Crippen LogP contribution in [-0.2, 0) is 0 Å². The number of halogens is 5. The molecule has 0 aliphatic heterocycles. The van der Waals surface area contributed by atoms with Crippen molar-refractivity contribution in [1.29, 1.82) is 0 Å². The first-order valence-corrected chi connectivity index (χ1v) is 2.77. The Morgan fingerprint density at radius 2 is 1.27 bits per heavy atom. The molecule has 0 bridgehead atoms. The fourth-order valence-corrected chi connectivity index (χ4v) is 0.618. The average molecular weight is 186 g/mol. The summed E-state index contributed by atoms with van der Waals surface area (Å²) >= 11 is 4.82. The summed E-state index contributed by atoms with van der Waals surface area (Å²) in [6.45, 7) is 0. The summed E-state index contributed by atoms with van der Waals surface area (Å²) in [7, 11) is 0. The lowest BCUT2D eigenvalue weighted by atomic mass is 10.4. The Morgan fingerprint density at radius 3 is 1.64 bits per heavy atom. The highest BCUT2D eigenvalue weighted by Gasteiger charge is 2.18. The Kier molecular flexibility index (Phi) is 1.99. The molecule has 60 valence electrons. The molecule has 0 fully saturated rings. The van der Waals surface area contributed by atoms with E-state index in [4.69, 9.17) is 11.6 Å². The highest BCUT2D eigenvalue weighted by atomic mass is 35.5. The maximum atomic E-state index is 12.2. The summed E-state index contributed by atoms with van der Waals surface area (Å²) in [5.74, 6) is -6.89. The molecule has 1 heterocycles. The van der Waals surface area contributed by atoms with Gasteiger partial charge in [-0.15, -0.1) is 0 Å². The Bertz CT molecular complexity index is 275. The number of hydrogen-bond donors (Lipinski definition) is 0. The second kappa shape index (κ2) is 2.65. The van der Waals surface area contributed by atoms with Gasteiger partial charge in [-0.2, -0.15) is 13.8 Å². The van der Waals surface area contributed by atoms with Crippen LogP contribution in [0.25, 0.3) is 0 Å². The van der Waals surface area contributed by atoms with Crippen LogP contribution < -0.4 is 0 Å². The predicted octanol–water partition coefficient (Wildman–Crippen LogP) is 2.29. The summed E-state index contributed by atoms with van der Waals surface area (Å²) in [5.41, 5.74) is 0. The molecule has 0 N–H and O–H groups in total. The first-order valence-electron chi connectivity index (χ1n) is 2.39. The SMILES string of the molecule is Fc1nc(F)c(F)c(Cl)c1F. The lowest BCUT2D eigenvalue weighted by Gasteiger charge is -1.96. The normalized spacial score (nSPS) is 10.3. The van der Waals surface area contributed by atoms with Gasteiger partial charge in [-0.3, -0.25) is 0 Å². The van der Waals surface area contributed by atoms with Crippen molar-refractivity contribution < 1.29 is 17.6 Å². The van der Waals surface area contributed by atoms with Crippen molar-refractivity contribution in [3.63, 3.8) is 0 Å². The van der Waals surface area contributed by atoms with Crippen molar-refractivity contribution in [3.8, 4) is 0 Å². The predicted molar refractivity (Wildman–Crippen MR) is 29.1 cm³/mol. The fourth-order valence-electron chi connectivity index (χ4n) is 0.462. The number of aromatic nitrogens is 1. The first kappa shape index (κ1) is 8.26. The quantitative estimate of drug-likeness (QED) is 0.446. The average Bonchev–Trinajstić information content (AvgIpc) is 1.97. The van der Waals surface area contributed by atoms with E-state index >= 15 is 0 Å². The van der Waals surface area contributed by atoms with Gasteiger partial charge in [-0.1, -0.05) is 11.6 Å². The van der Waals surface area contributed by atoms with Gasteiger partial charge in [0.05, 0.1) is 0 Å². The summed E-state index contributed by atoms with van der Waals surface area (Å²) < 4.78 is 48.5. The molecular formula is C5ClF4N. The molecule has 0 spiro atoms. The zero-order valence-corrected chi connectivity index (χ0v) is 5.59. The number of hydrogen-bond acceptors (Lipinski definition) is 1. The van der Waals surface area contributed by atoms with Gasteiger partial charge in [0.1, 0.15) is 5.02 Å². The first-order chi connectivity index (χ1) is 5.04. The van der Waals surface area contributed by atoms with Gasteiger partial charge in [-0.25, -0.2) is 8.78 Å². The van der Waals surface area contributed by atoms with Crippen LogP contribution >= 0.6 is 11.6 Å². The Labute approximate surface area is 63.6 Å². The van der Waals surface area contributed by atoms with Crippen LogP contribution in [0.2, 0.25) is 5.02 Å². The minimum atomic E-state index is -1.76. The molecule has 1 aromatic rings. The molecule has 0 radical (unpaired) electrons. The van der Waals surface area contributed by atoms with Crippen LogP contribution in [-0.4, -0.2) is 4.98 Å². The van der Waals surface area contributed by atoms with Gasteiger partial charge in [0.15, 0.2) is 11.6 Å². The molecular weight excluding hydrogens is 186 g/mol. The van der Waals surface area contributed by atoms with Crippen molar-refractivity contribution in [2.45, 2.75) is 0 Å². The third-order valence-electron chi connectivity index (χ3n) is 0.944. The van der Waals surface area contributed by atoms with Gasteiger partial charge >= 0.3 is 0 Å². The van der Waals surface area contributed by atoms with Crippen LogP contribution in [0.1, 0.15) is 0 Å². The molecule has 0 aromatic carbocycles. The fraction of sp³-hybridized carbons (Fsp3) is 0. The highest BCUT2D eigenvalue weighted by molar-refractivity contribution is 6.30. The van der Waals surface area contributed by atoms with Crippen LogP contribution in [0.4, 0.5) is 17.6 Å². The smallest absolute Gasteiger partial charge is 0.200 e. The maximum Gasteiger partial charge on any atom is 0.253 e. The number of nitrogens with zero attached hydrogens (tertiary/aromatic N) is 1. The van der Waals surface area contributed by atoms with E-state index in [9.17, 15) is 17.6 Å². The van der Waals surface area contributed by atoms with E-state index in [-0.39, 0.29) is 0 Å². The van der Waals surface area contributed by atoms with Gasteiger partial charge < -0.3 is 0 Å². The van der Waals surface area contributed by atoms with Crippen LogP contribution in [0, 0.1) is 23.5 Å². The van der Waals surface area contributed by atoms with E-state index < -0.39 is 28.6 Å². The van der Waals surface area contributed by atoms with E-state index in [0.29, 0.717) is 0 Å². The zero-order chi connectivity index (χ0) is 8.59. The number of pyridine rings is 1. The summed E-state index contributed by atoms with van der Waals surface area (Å²) in [4.78, 5) is 2.27. The van der Waals surface area contributed by atoms with E-state index in [2.05, 4.69) is 4.98 Å². The maximum absolute atomic E-state index is 12.2. The van der Waals surface area contributed by atoms with E-state index in [1.165, 1.54) is 0 Å². The van der Waals surface area contributed by atoms with Crippen molar-refractivity contribution in [1.82, 2.24) is 4.98 Å². The molecule has 0 amide bonds. The Hall–Kier alpha value is -0.840. The second-order valence-corrected chi connectivity index (χ2v) is 2.01. The molecule has 1 rings (SSSR count). The number of rotatable bonds is 0. The van der Waals surface area contributed by atoms with E-state index in [1.54, 1.807) is 0 Å². The minimum Gasteiger partial charge on any atom is -0.200 e. The van der Waals surface area contributed by atoms with Crippen molar-refractivity contribution in [2.24, 2.45) is 0 Å². The highest BCUT2D eigenvalue weighted by Crippen LogP contribution is 2.20. The molecule has 1 aromatic heterocycles. The Balaban J connectivity index is 3.46. The van der Waals surface area contributed by atoms with Gasteiger partial charge in [0.25, 0.3) is 11.9 Å². The summed E-state index contributed by atoms with van der Waals surface area (Å²) in [6, 6.07) is 0. The zero-order valence-electron chi connectivity index (χ0n) is 4.84. The Morgan fingerprint density at radius 1 is 0.909 bits per heavy atom. The minimum absolute atomic E-state index is 1.23. The topological polar surface area (TPSA) is 12.9 Å². The molecule has 0 saturated heterocycles. The molecule has 6 heteroatoms. The molecule has 1 nitrogen and oxygen atoms in total. The van der Waals surface area contributed by atoms with Crippen molar-refractivity contribution in [2.75, 3.05) is 0 Å². The molecule has 0 aliphatic rings. The van der Waals surface area contributed by atoms with Crippen LogP contribution in [0.5, 0.6) is 0 Å². The monoisotopic (exact) mass is 185 g/mol. The van der Waals surface area contributed by atoms with Gasteiger partial charge in [0.2, 0.25) is 0 Å². The third-order valence-corrected chi connectivity index (χ3v) is 1.28. The van der Waals surface area contributed by atoms with Gasteiger partial charge in [-0.05, 0) is 0 Å². The molecule has 0 saturated carbocycles. The lowest BCUT2D eigenvalue weighted by Crippen LogP contribution is -1.99. The van der Waals surface area contributed by atoms with E-state index in [0.717, 1.165) is 0 Å². The van der Waals surface area contributed by atoms with E-state index in [1.807, 2.05) is 0 Å². The molecule has 0 unspecified atom stereocenters. The van der Waals surface area contributed by atoms with Crippen molar-refractivity contribution in [3.05, 3.63) is 28.6 Å². The summed E-state index contributed by atoms with van der Waals surface area (Å²) in [5, 5.41) is -1.23. The molecule has 0 aliphatic carbocycles. The molecule has 11 heavy (non-hydrogen) atoms. The second-order valence-electron chi connectivity index (χ2n) is 1.64. The van der Waals surface area contributed by atoms with Gasteiger partial charge in [0, 0.05) is 0 Å². The van der Waals surface area contributed by atoms with Crippen LogP contribution in [0.3, 0.4) is 0 Å². The van der Waals surface area contributed by atoms with Crippen molar-refractivity contribution >= 4 is 11.6 Å². The molecule has 0 atom stereocenters. The lowest BCUT2D eigenvalue weighted by molar-refractivity contribution is 0.407. The van der Waals surface area contributed by atoms with Crippen LogP contribution in [0.15, 0.2) is 0 Å². The standard InChI is InChI=1S/C5ClF4N/c6-1-2(7)4(9)11-5(10)3(1)8. The third kappa shape index (κ3) is 1.28. The summed E-state index contributed by atoms with van der Waals surface area (Å²) in [6.07, 6.45) is 0. The largest absolute Gasteiger partial charge is 0.253 e.